The Labute approximate surface area is 123 Å². The molecule has 0 aliphatic heterocycles. The molecule has 0 heterocycles. The molecular weight excluding hydrogens is 254 g/mol. The van der Waals surface area contributed by atoms with E-state index >= 15 is 0 Å². The van der Waals surface area contributed by atoms with Gasteiger partial charge in [0.25, 0.3) is 0 Å². The van der Waals surface area contributed by atoms with Gasteiger partial charge in [0.15, 0.2) is 0 Å². The Hall–Kier alpha value is -1.10. The number of likely N-dealkylation sites (N-methyl/N-ethyl adjacent to an activating group) is 1. The van der Waals surface area contributed by atoms with E-state index in [1.165, 1.54) is 4.90 Å². The van der Waals surface area contributed by atoms with Crippen LogP contribution in [0, 0.1) is 11.3 Å². The van der Waals surface area contributed by atoms with E-state index in [9.17, 15) is 9.59 Å². The second kappa shape index (κ2) is 6.57. The first kappa shape index (κ1) is 18.9. The predicted molar refractivity (Wildman–Crippen MR) is 82.1 cm³/mol. The Morgan fingerprint density at radius 2 is 1.60 bits per heavy atom. The molecule has 5 heteroatoms. The van der Waals surface area contributed by atoms with Crippen molar-refractivity contribution in [3.8, 4) is 0 Å². The minimum atomic E-state index is -0.755. The minimum Gasteiger partial charge on any atom is -0.347 e. The Balaban J connectivity index is 5.09. The smallest absolute Gasteiger partial charge is 0.244 e. The van der Waals surface area contributed by atoms with E-state index in [4.69, 9.17) is 5.73 Å². The number of amides is 2. The molecule has 0 saturated heterocycles. The molecule has 0 aromatic carbocycles. The number of nitrogens with zero attached hydrogens (tertiary/aromatic N) is 1. The number of carbonyl (C=O) groups is 2. The van der Waals surface area contributed by atoms with E-state index in [0.717, 1.165) is 0 Å². The molecule has 3 N–H and O–H groups in total. The lowest BCUT2D eigenvalue weighted by atomic mass is 9.74. The average Bonchev–Trinajstić information content (AvgIpc) is 2.24. The molecule has 1 atom stereocenters. The zero-order chi connectivity index (χ0) is 16.3. The molecule has 0 aliphatic carbocycles. The molecule has 118 valence electrons. The van der Waals surface area contributed by atoms with Crippen molar-refractivity contribution >= 4 is 11.8 Å². The van der Waals surface area contributed by atoms with Crippen LogP contribution in [0.4, 0.5) is 0 Å². The maximum Gasteiger partial charge on any atom is 0.244 e. The molecule has 0 saturated carbocycles. The van der Waals surface area contributed by atoms with Gasteiger partial charge in [0.05, 0.1) is 5.41 Å². The molecule has 5 nitrogen and oxygen atoms in total. The molecular formula is C15H31N3O2. The van der Waals surface area contributed by atoms with Crippen molar-refractivity contribution < 1.29 is 9.59 Å². The molecule has 0 aromatic heterocycles. The monoisotopic (exact) mass is 285 g/mol. The summed E-state index contributed by atoms with van der Waals surface area (Å²) in [7, 11) is 3.39. The fourth-order valence-corrected chi connectivity index (χ4v) is 1.64. The van der Waals surface area contributed by atoms with Crippen molar-refractivity contribution in [2.75, 3.05) is 14.1 Å². The summed E-state index contributed by atoms with van der Waals surface area (Å²) in [5.74, 6) is 0.0433. The van der Waals surface area contributed by atoms with Gasteiger partial charge in [0.1, 0.15) is 6.04 Å². The van der Waals surface area contributed by atoms with Gasteiger partial charge >= 0.3 is 0 Å². The van der Waals surface area contributed by atoms with Crippen LogP contribution in [0.2, 0.25) is 0 Å². The summed E-state index contributed by atoms with van der Waals surface area (Å²) >= 11 is 0. The molecule has 0 rings (SSSR count). The number of hydrogen-bond donors (Lipinski definition) is 2. The van der Waals surface area contributed by atoms with Crippen LogP contribution in [-0.4, -0.2) is 42.4 Å². The second-order valence-corrected chi connectivity index (χ2v) is 7.23. The van der Waals surface area contributed by atoms with Crippen LogP contribution < -0.4 is 11.1 Å². The second-order valence-electron chi connectivity index (χ2n) is 7.23. The van der Waals surface area contributed by atoms with E-state index in [0.29, 0.717) is 12.3 Å². The average molecular weight is 285 g/mol. The summed E-state index contributed by atoms with van der Waals surface area (Å²) in [6.07, 6.45) is 0.615. The van der Waals surface area contributed by atoms with Gasteiger partial charge in [0, 0.05) is 19.6 Å². The lowest BCUT2D eigenvalue weighted by molar-refractivity contribution is -0.139. The summed E-state index contributed by atoms with van der Waals surface area (Å²) in [4.78, 5) is 26.1. The SMILES string of the molecule is CC(C)CC(NC(=O)C(C)(C)C(C)(C)N)C(=O)N(C)C. The molecule has 0 fully saturated rings. The lowest BCUT2D eigenvalue weighted by Gasteiger charge is -2.38. The van der Waals surface area contributed by atoms with Crippen LogP contribution in [0.3, 0.4) is 0 Å². The lowest BCUT2D eigenvalue weighted by Crippen LogP contribution is -2.59. The topological polar surface area (TPSA) is 75.4 Å². The molecule has 2 amide bonds. The quantitative estimate of drug-likeness (QED) is 0.774. The zero-order valence-electron chi connectivity index (χ0n) is 14.2. The third kappa shape index (κ3) is 4.78. The first-order valence-corrected chi connectivity index (χ1v) is 7.11. The van der Waals surface area contributed by atoms with Gasteiger partial charge in [-0.2, -0.15) is 0 Å². The molecule has 0 aromatic rings. The number of rotatable bonds is 6. The van der Waals surface area contributed by atoms with Crippen molar-refractivity contribution in [2.45, 2.75) is 59.5 Å². The molecule has 20 heavy (non-hydrogen) atoms. The number of nitrogens with two attached hydrogens (primary N) is 1. The Bertz CT molecular complexity index is 355. The van der Waals surface area contributed by atoms with Gasteiger partial charge in [-0.1, -0.05) is 13.8 Å². The molecule has 0 spiro atoms. The Kier molecular flexibility index (Phi) is 6.21. The predicted octanol–water partition coefficient (Wildman–Crippen LogP) is 1.37. The largest absolute Gasteiger partial charge is 0.347 e. The minimum absolute atomic E-state index is 0.0855. The van der Waals surface area contributed by atoms with Crippen LogP contribution >= 0.6 is 0 Å². The fraction of sp³-hybridized carbons (Fsp3) is 0.867. The summed E-state index contributed by atoms with van der Waals surface area (Å²) in [6, 6.07) is -0.501. The van der Waals surface area contributed by atoms with Crippen molar-refractivity contribution in [1.82, 2.24) is 10.2 Å². The van der Waals surface area contributed by atoms with Gasteiger partial charge in [-0.15, -0.1) is 0 Å². The highest BCUT2D eigenvalue weighted by atomic mass is 16.2. The molecule has 0 aliphatic rings. The zero-order valence-corrected chi connectivity index (χ0v) is 14.2. The van der Waals surface area contributed by atoms with E-state index in [1.807, 2.05) is 27.7 Å². The fourth-order valence-electron chi connectivity index (χ4n) is 1.64. The summed E-state index contributed by atoms with van der Waals surface area (Å²) in [5.41, 5.74) is 4.65. The Morgan fingerprint density at radius 1 is 1.15 bits per heavy atom. The van der Waals surface area contributed by atoms with Crippen LogP contribution in [0.25, 0.3) is 0 Å². The van der Waals surface area contributed by atoms with E-state index in [-0.39, 0.29) is 11.8 Å². The number of hydrogen-bond acceptors (Lipinski definition) is 3. The molecule has 1 unspecified atom stereocenters. The normalized spacial score (nSPS) is 14.1. The maximum absolute atomic E-state index is 12.5. The highest BCUT2D eigenvalue weighted by Crippen LogP contribution is 2.28. The van der Waals surface area contributed by atoms with E-state index in [1.54, 1.807) is 27.9 Å². The first-order valence-electron chi connectivity index (χ1n) is 7.11. The summed E-state index contributed by atoms with van der Waals surface area (Å²) in [6.45, 7) is 11.3. The van der Waals surface area contributed by atoms with Gasteiger partial charge < -0.3 is 16.0 Å². The maximum atomic E-state index is 12.5. The van der Waals surface area contributed by atoms with Crippen LogP contribution in [0.1, 0.15) is 48.0 Å². The summed E-state index contributed by atoms with van der Waals surface area (Å²) < 4.78 is 0. The van der Waals surface area contributed by atoms with Crippen LogP contribution in [0.15, 0.2) is 0 Å². The highest BCUT2D eigenvalue weighted by Gasteiger charge is 2.41. The number of nitrogens with one attached hydrogen (secondary N) is 1. The van der Waals surface area contributed by atoms with Crippen molar-refractivity contribution in [2.24, 2.45) is 17.1 Å². The third-order valence-corrected chi connectivity index (χ3v) is 3.93. The van der Waals surface area contributed by atoms with Gasteiger partial charge in [-0.3, -0.25) is 9.59 Å². The van der Waals surface area contributed by atoms with Crippen molar-refractivity contribution in [3.05, 3.63) is 0 Å². The van der Waals surface area contributed by atoms with Crippen molar-refractivity contribution in [3.63, 3.8) is 0 Å². The van der Waals surface area contributed by atoms with Crippen molar-refractivity contribution in [1.29, 1.82) is 0 Å². The van der Waals surface area contributed by atoms with E-state index in [2.05, 4.69) is 5.32 Å². The Morgan fingerprint density at radius 3 is 1.90 bits per heavy atom. The van der Waals surface area contributed by atoms with Crippen LogP contribution in [-0.2, 0) is 9.59 Å². The standard InChI is InChI=1S/C15H31N3O2/c1-10(2)9-11(12(19)18(7)8)17-13(20)14(3,4)15(5,6)16/h10-11H,9,16H2,1-8H3,(H,17,20). The van der Waals surface area contributed by atoms with Crippen LogP contribution in [0.5, 0.6) is 0 Å². The third-order valence-electron chi connectivity index (χ3n) is 3.93. The van der Waals surface area contributed by atoms with Gasteiger partial charge in [0.2, 0.25) is 11.8 Å². The van der Waals surface area contributed by atoms with Gasteiger partial charge in [-0.05, 0) is 40.0 Å². The number of carbonyl (C=O) groups excluding carboxylic acids is 2. The van der Waals surface area contributed by atoms with Gasteiger partial charge in [-0.25, -0.2) is 0 Å². The molecule has 0 bridgehead atoms. The molecule has 0 radical (unpaired) electrons. The van der Waals surface area contributed by atoms with E-state index < -0.39 is 17.0 Å². The highest BCUT2D eigenvalue weighted by molar-refractivity contribution is 5.90. The first-order chi connectivity index (χ1) is 8.80. The summed E-state index contributed by atoms with van der Waals surface area (Å²) in [5, 5.41) is 2.87.